The van der Waals surface area contributed by atoms with Crippen LogP contribution in [-0.2, 0) is 14.9 Å². The van der Waals surface area contributed by atoms with E-state index in [0.29, 0.717) is 12.0 Å². The fraction of sp³-hybridized carbons (Fsp3) is 0.875. The lowest BCUT2D eigenvalue weighted by Crippen LogP contribution is -2.37. The van der Waals surface area contributed by atoms with Gasteiger partial charge >= 0.3 is 0 Å². The summed E-state index contributed by atoms with van der Waals surface area (Å²) in [5.74, 6) is 0.607. The molecule has 0 saturated carbocycles. The molecule has 1 atom stereocenters. The van der Waals surface area contributed by atoms with Crippen LogP contribution >= 0.6 is 11.3 Å². The molecule has 2 aliphatic rings. The molecule has 124 valence electrons. The van der Waals surface area contributed by atoms with Crippen LogP contribution in [0.15, 0.2) is 0 Å². The second-order valence-electron chi connectivity index (χ2n) is 7.39. The van der Waals surface area contributed by atoms with Gasteiger partial charge in [0.05, 0.1) is 19.3 Å². The van der Waals surface area contributed by atoms with Gasteiger partial charge in [0.15, 0.2) is 0 Å². The molecule has 22 heavy (non-hydrogen) atoms. The van der Waals surface area contributed by atoms with Crippen molar-refractivity contribution in [3.63, 3.8) is 0 Å². The van der Waals surface area contributed by atoms with Gasteiger partial charge in [-0.2, -0.15) is 0 Å². The number of rotatable bonds is 4. The smallest absolute Gasteiger partial charge is 0.208 e. The summed E-state index contributed by atoms with van der Waals surface area (Å²) >= 11 is 1.73. The zero-order valence-electron chi connectivity index (χ0n) is 13.9. The van der Waals surface area contributed by atoms with E-state index in [0.717, 1.165) is 62.3 Å². The largest absolute Gasteiger partial charge is 0.381 e. The molecule has 0 aliphatic carbocycles. The molecular weight excluding hydrogens is 298 g/mol. The molecular formula is C16H27N3O2S. The Labute approximate surface area is 137 Å². The molecule has 1 aromatic rings. The van der Waals surface area contributed by atoms with Gasteiger partial charge in [-0.1, -0.05) is 32.1 Å². The number of hydrogen-bond acceptors (Lipinski definition) is 6. The predicted molar refractivity (Wildman–Crippen MR) is 88.7 cm³/mol. The third kappa shape index (κ3) is 3.97. The number of nitrogens with zero attached hydrogens (tertiary/aromatic N) is 3. The highest BCUT2D eigenvalue weighted by Crippen LogP contribution is 2.31. The van der Waals surface area contributed by atoms with Crippen LogP contribution in [0.3, 0.4) is 0 Å². The van der Waals surface area contributed by atoms with Gasteiger partial charge in [0.2, 0.25) is 5.13 Å². The van der Waals surface area contributed by atoms with Crippen LogP contribution in [0.2, 0.25) is 0 Å². The third-order valence-corrected chi connectivity index (χ3v) is 5.77. The number of ether oxygens (including phenoxy) is 2. The molecule has 0 bridgehead atoms. The van der Waals surface area contributed by atoms with Crippen LogP contribution in [0.25, 0.3) is 0 Å². The van der Waals surface area contributed by atoms with Crippen LogP contribution < -0.4 is 4.90 Å². The predicted octanol–water partition coefficient (Wildman–Crippen LogP) is 2.86. The Morgan fingerprint density at radius 2 is 2.00 bits per heavy atom. The van der Waals surface area contributed by atoms with Gasteiger partial charge in [0.25, 0.3) is 0 Å². The molecule has 5 nitrogen and oxygen atoms in total. The van der Waals surface area contributed by atoms with E-state index < -0.39 is 0 Å². The molecule has 2 aliphatic heterocycles. The fourth-order valence-electron chi connectivity index (χ4n) is 2.85. The maximum absolute atomic E-state index is 6.07. The minimum atomic E-state index is 0.0840. The van der Waals surface area contributed by atoms with Crippen molar-refractivity contribution in [1.82, 2.24) is 10.2 Å². The zero-order valence-corrected chi connectivity index (χ0v) is 14.7. The second-order valence-corrected chi connectivity index (χ2v) is 8.35. The maximum Gasteiger partial charge on any atom is 0.208 e. The van der Waals surface area contributed by atoms with Crippen molar-refractivity contribution in [2.75, 3.05) is 37.8 Å². The van der Waals surface area contributed by atoms with E-state index in [1.54, 1.807) is 11.3 Å². The number of anilines is 1. The molecule has 1 unspecified atom stereocenters. The molecule has 0 N–H and O–H groups in total. The van der Waals surface area contributed by atoms with Gasteiger partial charge in [-0.15, -0.1) is 10.2 Å². The first kappa shape index (κ1) is 16.1. The van der Waals surface area contributed by atoms with E-state index in [1.807, 2.05) is 0 Å². The van der Waals surface area contributed by atoms with E-state index in [4.69, 9.17) is 9.47 Å². The Hall–Kier alpha value is -0.720. The Balaban J connectivity index is 1.46. The van der Waals surface area contributed by atoms with Gasteiger partial charge in [-0.25, -0.2) is 0 Å². The standard InChI is InChI=1S/C16H27N3O2S/c1-16(2,3)14-17-18-15(22-14)19-7-4-13(5-8-19)21-11-12-6-9-20-10-12/h12-13H,4-11H2,1-3H3. The minimum Gasteiger partial charge on any atom is -0.381 e. The summed E-state index contributed by atoms with van der Waals surface area (Å²) < 4.78 is 11.5. The SMILES string of the molecule is CC(C)(C)c1nnc(N2CCC(OCC3CCOC3)CC2)s1. The molecule has 3 heterocycles. The first-order valence-corrected chi connectivity index (χ1v) is 9.12. The maximum atomic E-state index is 6.07. The number of hydrogen-bond donors (Lipinski definition) is 0. The lowest BCUT2D eigenvalue weighted by atomic mass is 9.98. The molecule has 0 amide bonds. The van der Waals surface area contributed by atoms with E-state index in [-0.39, 0.29) is 5.41 Å². The summed E-state index contributed by atoms with van der Waals surface area (Å²) in [6.45, 7) is 11.2. The van der Waals surface area contributed by atoms with Crippen LogP contribution in [-0.4, -0.2) is 49.2 Å². The highest BCUT2D eigenvalue weighted by molar-refractivity contribution is 7.15. The van der Waals surface area contributed by atoms with Crippen molar-refractivity contribution in [2.45, 2.75) is 51.6 Å². The molecule has 0 spiro atoms. The summed E-state index contributed by atoms with van der Waals surface area (Å²) in [6.07, 6.45) is 3.71. The van der Waals surface area contributed by atoms with E-state index >= 15 is 0 Å². The van der Waals surface area contributed by atoms with Crippen LogP contribution in [0.5, 0.6) is 0 Å². The highest BCUT2D eigenvalue weighted by Gasteiger charge is 2.26. The van der Waals surface area contributed by atoms with Gasteiger partial charge < -0.3 is 14.4 Å². The van der Waals surface area contributed by atoms with E-state index in [2.05, 4.69) is 35.9 Å². The first-order chi connectivity index (χ1) is 10.5. The summed E-state index contributed by atoms with van der Waals surface area (Å²) in [7, 11) is 0. The summed E-state index contributed by atoms with van der Waals surface area (Å²) in [4.78, 5) is 2.35. The van der Waals surface area contributed by atoms with Crippen molar-refractivity contribution in [3.05, 3.63) is 5.01 Å². The Morgan fingerprint density at radius 3 is 2.59 bits per heavy atom. The topological polar surface area (TPSA) is 47.5 Å². The van der Waals surface area contributed by atoms with Gasteiger partial charge in [-0.3, -0.25) is 0 Å². The number of piperidine rings is 1. The monoisotopic (exact) mass is 325 g/mol. The summed E-state index contributed by atoms with van der Waals surface area (Å²) in [6, 6.07) is 0. The summed E-state index contributed by atoms with van der Waals surface area (Å²) in [5, 5.41) is 10.9. The molecule has 0 radical (unpaired) electrons. The molecule has 0 aromatic carbocycles. The van der Waals surface area contributed by atoms with Gasteiger partial charge in [-0.05, 0) is 19.3 Å². The van der Waals surface area contributed by atoms with Crippen molar-refractivity contribution in [1.29, 1.82) is 0 Å². The lowest BCUT2D eigenvalue weighted by molar-refractivity contribution is 0.0131. The Bertz CT molecular complexity index is 472. The fourth-order valence-corrected chi connectivity index (χ4v) is 3.80. The van der Waals surface area contributed by atoms with Gasteiger partial charge in [0, 0.05) is 31.0 Å². The molecule has 2 fully saturated rings. The van der Waals surface area contributed by atoms with Crippen LogP contribution in [0, 0.1) is 5.92 Å². The Kier molecular flexibility index (Phi) is 5.00. The molecule has 6 heteroatoms. The highest BCUT2D eigenvalue weighted by atomic mass is 32.1. The van der Waals surface area contributed by atoms with Crippen LogP contribution in [0.4, 0.5) is 5.13 Å². The number of aromatic nitrogens is 2. The van der Waals surface area contributed by atoms with Crippen molar-refractivity contribution >= 4 is 16.5 Å². The van der Waals surface area contributed by atoms with Gasteiger partial charge in [0.1, 0.15) is 5.01 Å². The quantitative estimate of drug-likeness (QED) is 0.852. The minimum absolute atomic E-state index is 0.0840. The third-order valence-electron chi connectivity index (χ3n) is 4.36. The van der Waals surface area contributed by atoms with E-state index in [1.165, 1.54) is 0 Å². The average Bonchev–Trinajstić information content (AvgIpc) is 3.16. The van der Waals surface area contributed by atoms with Crippen molar-refractivity contribution < 1.29 is 9.47 Å². The lowest BCUT2D eigenvalue weighted by Gasteiger charge is -2.31. The Morgan fingerprint density at radius 1 is 1.23 bits per heavy atom. The van der Waals surface area contributed by atoms with Crippen LogP contribution in [0.1, 0.15) is 45.0 Å². The second kappa shape index (κ2) is 6.81. The normalized spacial score (nSPS) is 24.1. The summed E-state index contributed by atoms with van der Waals surface area (Å²) in [5.41, 5.74) is 0.0840. The average molecular weight is 325 g/mol. The zero-order chi connectivity index (χ0) is 15.6. The van der Waals surface area contributed by atoms with Crippen molar-refractivity contribution in [3.8, 4) is 0 Å². The molecule has 2 saturated heterocycles. The van der Waals surface area contributed by atoms with E-state index in [9.17, 15) is 0 Å². The molecule has 1 aromatic heterocycles. The molecule has 3 rings (SSSR count). The van der Waals surface area contributed by atoms with Crippen molar-refractivity contribution in [2.24, 2.45) is 5.92 Å². The first-order valence-electron chi connectivity index (χ1n) is 8.30.